The first kappa shape index (κ1) is 11.0. The predicted molar refractivity (Wildman–Crippen MR) is 65.6 cm³/mol. The van der Waals surface area contributed by atoms with E-state index in [1.807, 2.05) is 12.1 Å². The second kappa shape index (κ2) is 4.20. The fourth-order valence-electron chi connectivity index (χ4n) is 1.82. The van der Waals surface area contributed by atoms with Gasteiger partial charge in [0.15, 0.2) is 0 Å². The highest BCUT2D eigenvalue weighted by molar-refractivity contribution is 5.53. The van der Waals surface area contributed by atoms with Crippen LogP contribution in [-0.2, 0) is 0 Å². The van der Waals surface area contributed by atoms with Crippen molar-refractivity contribution in [2.75, 3.05) is 24.7 Å². The third-order valence-electron chi connectivity index (χ3n) is 3.43. The summed E-state index contributed by atoms with van der Waals surface area (Å²) in [7, 11) is 1.58. The molecule has 0 saturated heterocycles. The van der Waals surface area contributed by atoms with E-state index in [9.17, 15) is 0 Å². The Kier molecular flexibility index (Phi) is 2.90. The van der Waals surface area contributed by atoms with Crippen molar-refractivity contribution >= 4 is 11.5 Å². The number of anilines is 2. The van der Waals surface area contributed by atoms with Gasteiger partial charge in [-0.1, -0.05) is 6.92 Å². The van der Waals surface area contributed by atoms with Crippen LogP contribution in [0.15, 0.2) is 12.1 Å². The molecule has 1 aromatic rings. The number of methoxy groups -OCH3 is 1. The van der Waals surface area contributed by atoms with Crippen LogP contribution < -0.4 is 15.8 Å². The van der Waals surface area contributed by atoms with Gasteiger partial charge in [0, 0.05) is 6.54 Å². The lowest BCUT2D eigenvalue weighted by molar-refractivity contribution is 0.400. The second-order valence-electron chi connectivity index (χ2n) is 4.50. The van der Waals surface area contributed by atoms with E-state index in [1.54, 1.807) is 7.11 Å². The van der Waals surface area contributed by atoms with Crippen molar-refractivity contribution < 1.29 is 4.74 Å². The molecule has 0 aliphatic heterocycles. The molecule has 0 amide bonds. The number of nitrogen functional groups attached to an aromatic ring is 1. The molecule has 0 unspecified atom stereocenters. The van der Waals surface area contributed by atoms with Crippen LogP contribution in [0.2, 0.25) is 0 Å². The fraction of sp³-hybridized carbons (Fsp3) is 0.583. The standard InChI is InChI=1S/C12H19N3O/c1-3-12(6-7-12)8-14-10-5-4-9(13)11(15-10)16-2/h4-5H,3,6-8,13H2,1-2H3,(H,14,15). The van der Waals surface area contributed by atoms with Crippen LogP contribution in [0.1, 0.15) is 26.2 Å². The second-order valence-corrected chi connectivity index (χ2v) is 4.50. The van der Waals surface area contributed by atoms with Crippen LogP contribution in [0.3, 0.4) is 0 Å². The van der Waals surface area contributed by atoms with Crippen LogP contribution >= 0.6 is 0 Å². The highest BCUT2D eigenvalue weighted by Gasteiger charge is 2.40. The summed E-state index contributed by atoms with van der Waals surface area (Å²) in [5, 5.41) is 3.35. The first-order valence-electron chi connectivity index (χ1n) is 5.73. The molecule has 3 N–H and O–H groups in total. The summed E-state index contributed by atoms with van der Waals surface area (Å²) in [6.45, 7) is 3.23. The average molecular weight is 221 g/mol. The Morgan fingerprint density at radius 2 is 2.25 bits per heavy atom. The summed E-state index contributed by atoms with van der Waals surface area (Å²) < 4.78 is 5.08. The van der Waals surface area contributed by atoms with Gasteiger partial charge in [0.25, 0.3) is 0 Å². The maximum absolute atomic E-state index is 5.71. The molecule has 88 valence electrons. The van der Waals surface area contributed by atoms with Crippen molar-refractivity contribution in [3.63, 3.8) is 0 Å². The van der Waals surface area contributed by atoms with E-state index in [4.69, 9.17) is 10.5 Å². The molecule has 1 aliphatic carbocycles. The first-order valence-corrected chi connectivity index (χ1v) is 5.73. The molecular weight excluding hydrogens is 202 g/mol. The van der Waals surface area contributed by atoms with Gasteiger partial charge in [0.2, 0.25) is 5.88 Å². The van der Waals surface area contributed by atoms with Gasteiger partial charge < -0.3 is 15.8 Å². The molecule has 1 aromatic heterocycles. The maximum atomic E-state index is 5.71. The third kappa shape index (κ3) is 2.21. The van der Waals surface area contributed by atoms with Gasteiger partial charge in [0.1, 0.15) is 5.82 Å². The molecule has 0 atom stereocenters. The summed E-state index contributed by atoms with van der Waals surface area (Å²) in [6, 6.07) is 3.71. The number of hydrogen-bond acceptors (Lipinski definition) is 4. The zero-order valence-electron chi connectivity index (χ0n) is 9.92. The Balaban J connectivity index is 1.99. The van der Waals surface area contributed by atoms with Crippen molar-refractivity contribution in [3.05, 3.63) is 12.1 Å². The highest BCUT2D eigenvalue weighted by atomic mass is 16.5. The van der Waals surface area contributed by atoms with E-state index in [0.717, 1.165) is 12.4 Å². The lowest BCUT2D eigenvalue weighted by Gasteiger charge is -2.14. The van der Waals surface area contributed by atoms with E-state index >= 15 is 0 Å². The van der Waals surface area contributed by atoms with Crippen molar-refractivity contribution in [1.82, 2.24) is 4.98 Å². The molecule has 2 rings (SSSR count). The predicted octanol–water partition coefficient (Wildman–Crippen LogP) is 2.27. The quantitative estimate of drug-likeness (QED) is 0.800. The molecule has 0 bridgehead atoms. The van der Waals surface area contributed by atoms with Crippen molar-refractivity contribution in [2.24, 2.45) is 5.41 Å². The van der Waals surface area contributed by atoms with Crippen molar-refractivity contribution in [2.45, 2.75) is 26.2 Å². The lowest BCUT2D eigenvalue weighted by Crippen LogP contribution is -2.15. The van der Waals surface area contributed by atoms with E-state index in [2.05, 4.69) is 17.2 Å². The summed E-state index contributed by atoms with van der Waals surface area (Å²) in [4.78, 5) is 4.30. The minimum Gasteiger partial charge on any atom is -0.479 e. The zero-order valence-corrected chi connectivity index (χ0v) is 9.92. The van der Waals surface area contributed by atoms with Crippen molar-refractivity contribution in [3.8, 4) is 5.88 Å². The largest absolute Gasteiger partial charge is 0.479 e. The van der Waals surface area contributed by atoms with Crippen LogP contribution in [-0.4, -0.2) is 18.6 Å². The summed E-state index contributed by atoms with van der Waals surface area (Å²) in [5.41, 5.74) is 6.79. The van der Waals surface area contributed by atoms with Gasteiger partial charge in [0.05, 0.1) is 12.8 Å². The minimum atomic E-state index is 0.492. The maximum Gasteiger partial charge on any atom is 0.238 e. The summed E-state index contributed by atoms with van der Waals surface area (Å²) in [5.74, 6) is 1.33. The van der Waals surface area contributed by atoms with Gasteiger partial charge in [-0.05, 0) is 36.8 Å². The van der Waals surface area contributed by atoms with Gasteiger partial charge in [-0.2, -0.15) is 4.98 Å². The molecule has 16 heavy (non-hydrogen) atoms. The number of nitrogens with two attached hydrogens (primary N) is 1. The van der Waals surface area contributed by atoms with Crippen LogP contribution in [0.5, 0.6) is 5.88 Å². The topological polar surface area (TPSA) is 60.2 Å². The Labute approximate surface area is 96.2 Å². The molecule has 0 radical (unpaired) electrons. The summed E-state index contributed by atoms with van der Waals surface area (Å²) in [6.07, 6.45) is 3.87. The molecule has 0 spiro atoms. The molecule has 4 nitrogen and oxygen atoms in total. The van der Waals surface area contributed by atoms with E-state index in [0.29, 0.717) is 17.0 Å². The number of nitrogens with one attached hydrogen (secondary N) is 1. The zero-order chi connectivity index (χ0) is 11.6. The van der Waals surface area contributed by atoms with Crippen LogP contribution in [0.25, 0.3) is 0 Å². The number of ether oxygens (including phenoxy) is 1. The van der Waals surface area contributed by atoms with E-state index in [1.165, 1.54) is 19.3 Å². The SMILES string of the molecule is CCC1(CNc2ccc(N)c(OC)n2)CC1. The Hall–Kier alpha value is -1.45. The van der Waals surface area contributed by atoms with Crippen LogP contribution in [0, 0.1) is 5.41 Å². The summed E-state index contributed by atoms with van der Waals surface area (Å²) >= 11 is 0. The van der Waals surface area contributed by atoms with E-state index in [-0.39, 0.29) is 0 Å². The number of aromatic nitrogens is 1. The smallest absolute Gasteiger partial charge is 0.238 e. The molecule has 1 aliphatic rings. The van der Waals surface area contributed by atoms with Gasteiger partial charge in [-0.3, -0.25) is 0 Å². The van der Waals surface area contributed by atoms with Gasteiger partial charge >= 0.3 is 0 Å². The van der Waals surface area contributed by atoms with Gasteiger partial charge in [-0.15, -0.1) is 0 Å². The monoisotopic (exact) mass is 221 g/mol. The number of nitrogens with zero attached hydrogens (tertiary/aromatic N) is 1. The van der Waals surface area contributed by atoms with Crippen LogP contribution in [0.4, 0.5) is 11.5 Å². The highest BCUT2D eigenvalue weighted by Crippen LogP contribution is 2.48. The average Bonchev–Trinajstić information content (AvgIpc) is 3.09. The first-order chi connectivity index (χ1) is 7.69. The lowest BCUT2D eigenvalue weighted by atomic mass is 10.0. The molecule has 1 fully saturated rings. The minimum absolute atomic E-state index is 0.492. The molecule has 0 aromatic carbocycles. The molecule has 4 heteroatoms. The third-order valence-corrected chi connectivity index (χ3v) is 3.43. The molecule has 1 saturated carbocycles. The molecule has 1 heterocycles. The van der Waals surface area contributed by atoms with E-state index < -0.39 is 0 Å². The van der Waals surface area contributed by atoms with Gasteiger partial charge in [-0.25, -0.2) is 0 Å². The number of hydrogen-bond donors (Lipinski definition) is 2. The number of pyridine rings is 1. The fourth-order valence-corrected chi connectivity index (χ4v) is 1.82. The van der Waals surface area contributed by atoms with Crippen molar-refractivity contribution in [1.29, 1.82) is 0 Å². The Morgan fingerprint density at radius 3 is 2.81 bits per heavy atom. The number of rotatable bonds is 5. The molecular formula is C12H19N3O. The Morgan fingerprint density at radius 1 is 1.50 bits per heavy atom. The normalized spacial score (nSPS) is 16.9. The Bertz CT molecular complexity index is 375.